The van der Waals surface area contributed by atoms with Crippen molar-refractivity contribution < 1.29 is 0 Å². The van der Waals surface area contributed by atoms with E-state index in [1.165, 1.54) is 6.07 Å². The monoisotopic (exact) mass is 144 g/mol. The maximum atomic E-state index is 8.45. The molecule has 0 spiro atoms. The van der Waals surface area contributed by atoms with E-state index in [1.54, 1.807) is 18.2 Å². The average Bonchev–Trinajstić information content (AvgIpc) is 2.06. The topological polar surface area (TPSA) is 72.5 Å². The minimum absolute atomic E-state index is 0.464. The Morgan fingerprint density at radius 3 is 3.00 bits per heavy atom. The second-order valence-electron chi connectivity index (χ2n) is 1.85. The molecule has 0 bridgehead atoms. The number of nitrogens with zero attached hydrogens (tertiary/aromatic N) is 4. The minimum atomic E-state index is 0.464. The highest BCUT2D eigenvalue weighted by atomic mass is 15.1. The summed E-state index contributed by atoms with van der Waals surface area (Å²) in [4.78, 5) is 2.60. The molecule has 4 heteroatoms. The van der Waals surface area contributed by atoms with E-state index in [1.807, 2.05) is 6.07 Å². The van der Waals surface area contributed by atoms with Gasteiger partial charge in [-0.2, -0.15) is 5.26 Å². The van der Waals surface area contributed by atoms with Gasteiger partial charge in [-0.3, -0.25) is 0 Å². The summed E-state index contributed by atoms with van der Waals surface area (Å²) in [5, 5.41) is 11.8. The predicted octanol–water partition coefficient (Wildman–Crippen LogP) is 2.50. The molecule has 0 heterocycles. The van der Waals surface area contributed by atoms with Gasteiger partial charge in [0.2, 0.25) is 0 Å². The molecule has 1 aromatic rings. The van der Waals surface area contributed by atoms with Gasteiger partial charge in [0.25, 0.3) is 0 Å². The van der Waals surface area contributed by atoms with Gasteiger partial charge in [-0.25, -0.2) is 0 Å². The number of hydrogen-bond donors (Lipinski definition) is 0. The summed E-state index contributed by atoms with van der Waals surface area (Å²) in [7, 11) is 0. The van der Waals surface area contributed by atoms with Gasteiger partial charge in [-0.15, -0.1) is 0 Å². The fraction of sp³-hybridized carbons (Fsp3) is 0. The van der Waals surface area contributed by atoms with E-state index < -0.39 is 0 Å². The third-order valence-electron chi connectivity index (χ3n) is 1.14. The van der Waals surface area contributed by atoms with Crippen LogP contribution in [0, 0.1) is 11.3 Å². The summed E-state index contributed by atoms with van der Waals surface area (Å²) in [5.74, 6) is 0. The molecule has 0 amide bonds. The minimum Gasteiger partial charge on any atom is -0.192 e. The molecule has 0 saturated heterocycles. The van der Waals surface area contributed by atoms with Crippen molar-refractivity contribution in [2.45, 2.75) is 0 Å². The van der Waals surface area contributed by atoms with E-state index in [9.17, 15) is 0 Å². The van der Waals surface area contributed by atoms with E-state index in [-0.39, 0.29) is 0 Å². The summed E-state index contributed by atoms with van der Waals surface area (Å²) in [6.07, 6.45) is 0. The molecule has 0 fully saturated rings. The van der Waals surface area contributed by atoms with Gasteiger partial charge < -0.3 is 0 Å². The van der Waals surface area contributed by atoms with Gasteiger partial charge in [0.1, 0.15) is 0 Å². The van der Waals surface area contributed by atoms with Gasteiger partial charge in [0.05, 0.1) is 11.6 Å². The molecule has 11 heavy (non-hydrogen) atoms. The maximum absolute atomic E-state index is 8.45. The third-order valence-corrected chi connectivity index (χ3v) is 1.14. The van der Waals surface area contributed by atoms with Gasteiger partial charge >= 0.3 is 0 Å². The second kappa shape index (κ2) is 3.25. The molecular weight excluding hydrogens is 140 g/mol. The van der Waals surface area contributed by atoms with Gasteiger partial charge in [0, 0.05) is 10.6 Å². The lowest BCUT2D eigenvalue weighted by Crippen LogP contribution is -1.69. The molecule has 0 aliphatic heterocycles. The smallest absolute Gasteiger partial charge is 0.0991 e. The van der Waals surface area contributed by atoms with Crippen LogP contribution in [0.25, 0.3) is 10.4 Å². The zero-order valence-corrected chi connectivity index (χ0v) is 5.60. The maximum Gasteiger partial charge on any atom is 0.0991 e. The Morgan fingerprint density at radius 2 is 2.36 bits per heavy atom. The van der Waals surface area contributed by atoms with E-state index in [0.717, 1.165) is 0 Å². The fourth-order valence-electron chi connectivity index (χ4n) is 0.689. The first kappa shape index (κ1) is 7.13. The molecular formula is C7H4N4. The van der Waals surface area contributed by atoms with Gasteiger partial charge in [0.15, 0.2) is 0 Å². The van der Waals surface area contributed by atoms with Crippen molar-refractivity contribution in [2.24, 2.45) is 5.11 Å². The van der Waals surface area contributed by atoms with Gasteiger partial charge in [-0.1, -0.05) is 17.2 Å². The van der Waals surface area contributed by atoms with Crippen LogP contribution in [0.1, 0.15) is 5.56 Å². The Morgan fingerprint density at radius 1 is 1.55 bits per heavy atom. The highest BCUT2D eigenvalue weighted by Crippen LogP contribution is 2.12. The standard InChI is InChI=1S/C7H4N4/c8-5-6-2-1-3-7(4-6)10-11-9/h1-4H. The zero-order chi connectivity index (χ0) is 8.10. The lowest BCUT2D eigenvalue weighted by molar-refractivity contribution is 1.44. The number of hydrogen-bond acceptors (Lipinski definition) is 2. The molecule has 0 aliphatic rings. The van der Waals surface area contributed by atoms with Crippen LogP contribution in [0.4, 0.5) is 5.69 Å². The van der Waals surface area contributed by atoms with Crippen LogP contribution < -0.4 is 0 Å². The summed E-state index contributed by atoms with van der Waals surface area (Å²) >= 11 is 0. The van der Waals surface area contributed by atoms with Crippen molar-refractivity contribution in [3.8, 4) is 6.07 Å². The van der Waals surface area contributed by atoms with Crippen LogP contribution in [0.15, 0.2) is 29.4 Å². The average molecular weight is 144 g/mol. The molecule has 0 saturated carbocycles. The normalized spacial score (nSPS) is 7.91. The van der Waals surface area contributed by atoms with E-state index in [2.05, 4.69) is 10.0 Å². The molecule has 0 unspecified atom stereocenters. The van der Waals surface area contributed by atoms with Crippen LogP contribution in [0.2, 0.25) is 0 Å². The predicted molar refractivity (Wildman–Crippen MR) is 40.0 cm³/mol. The second-order valence-corrected chi connectivity index (χ2v) is 1.85. The molecule has 0 N–H and O–H groups in total. The SMILES string of the molecule is N#Cc1cccc(N=[N+]=[N-])c1. The molecule has 4 nitrogen and oxygen atoms in total. The van der Waals surface area contributed by atoms with Crippen molar-refractivity contribution in [1.29, 1.82) is 5.26 Å². The molecule has 1 rings (SSSR count). The Balaban J connectivity index is 3.12. The van der Waals surface area contributed by atoms with Crippen LogP contribution in [-0.2, 0) is 0 Å². The summed E-state index contributed by atoms with van der Waals surface area (Å²) in [6, 6.07) is 8.43. The first-order chi connectivity index (χ1) is 5.36. The van der Waals surface area contributed by atoms with Crippen molar-refractivity contribution in [3.63, 3.8) is 0 Å². The number of rotatable bonds is 1. The molecule has 0 atom stereocenters. The van der Waals surface area contributed by atoms with E-state index in [4.69, 9.17) is 10.8 Å². The lowest BCUT2D eigenvalue weighted by Gasteiger charge is -1.89. The summed E-state index contributed by atoms with van der Waals surface area (Å²) in [5.41, 5.74) is 9.02. The van der Waals surface area contributed by atoms with Crippen LogP contribution >= 0.6 is 0 Å². The quantitative estimate of drug-likeness (QED) is 0.339. The van der Waals surface area contributed by atoms with Crippen molar-refractivity contribution in [1.82, 2.24) is 0 Å². The van der Waals surface area contributed by atoms with Crippen LogP contribution in [-0.4, -0.2) is 0 Å². The van der Waals surface area contributed by atoms with Crippen LogP contribution in [0.3, 0.4) is 0 Å². The van der Waals surface area contributed by atoms with Crippen molar-refractivity contribution in [2.75, 3.05) is 0 Å². The van der Waals surface area contributed by atoms with Crippen LogP contribution in [0.5, 0.6) is 0 Å². The highest BCUT2D eigenvalue weighted by molar-refractivity contribution is 5.44. The molecule has 0 aromatic heterocycles. The molecule has 52 valence electrons. The Hall–Kier alpha value is -1.98. The van der Waals surface area contributed by atoms with Crippen molar-refractivity contribution in [3.05, 3.63) is 40.3 Å². The lowest BCUT2D eigenvalue weighted by atomic mass is 10.2. The third kappa shape index (κ3) is 1.71. The number of azide groups is 1. The van der Waals surface area contributed by atoms with Gasteiger partial charge in [-0.05, 0) is 17.7 Å². The van der Waals surface area contributed by atoms with E-state index >= 15 is 0 Å². The fourth-order valence-corrected chi connectivity index (χ4v) is 0.689. The highest BCUT2D eigenvalue weighted by Gasteiger charge is 1.89. The number of nitriles is 1. The Bertz CT molecular complexity index is 344. The Kier molecular flexibility index (Phi) is 2.11. The zero-order valence-electron chi connectivity index (χ0n) is 5.60. The largest absolute Gasteiger partial charge is 0.192 e. The Labute approximate surface area is 63.3 Å². The molecule has 0 aliphatic carbocycles. The number of benzene rings is 1. The molecule has 1 aromatic carbocycles. The first-order valence-electron chi connectivity index (χ1n) is 2.92. The molecule has 0 radical (unpaired) electrons. The first-order valence-corrected chi connectivity index (χ1v) is 2.92. The van der Waals surface area contributed by atoms with E-state index in [0.29, 0.717) is 11.3 Å². The van der Waals surface area contributed by atoms with Crippen molar-refractivity contribution >= 4 is 5.69 Å². The summed E-state index contributed by atoms with van der Waals surface area (Å²) in [6.45, 7) is 0. The summed E-state index contributed by atoms with van der Waals surface area (Å²) < 4.78 is 0.